The van der Waals surface area contributed by atoms with Crippen molar-refractivity contribution < 1.29 is 14.3 Å². The van der Waals surface area contributed by atoms with Crippen LogP contribution in [0.2, 0.25) is 0 Å². The molecule has 0 aliphatic rings. The van der Waals surface area contributed by atoms with Gasteiger partial charge in [0.15, 0.2) is 0 Å². The molecule has 0 saturated heterocycles. The van der Waals surface area contributed by atoms with Crippen LogP contribution in [0, 0.1) is 0 Å². The molecule has 0 aliphatic carbocycles. The normalized spacial score (nSPS) is 12.2. The van der Waals surface area contributed by atoms with E-state index in [1.807, 2.05) is 0 Å². The van der Waals surface area contributed by atoms with E-state index in [4.69, 9.17) is 4.74 Å². The lowest BCUT2D eigenvalue weighted by Gasteiger charge is -2.22. The number of rotatable bonds is 29. The van der Waals surface area contributed by atoms with Gasteiger partial charge in [-0.3, -0.25) is 4.79 Å². The molecule has 0 spiro atoms. The van der Waals surface area contributed by atoms with E-state index >= 15 is 0 Å². The lowest BCUT2D eigenvalue weighted by Crippen LogP contribution is -2.36. The lowest BCUT2D eigenvalue weighted by molar-refractivity contribution is -0.130. The number of methoxy groups -OCH3 is 1. The number of carbonyl (C=O) groups excluding carboxylic acids is 2. The highest BCUT2D eigenvalue weighted by molar-refractivity contribution is 5.80. The van der Waals surface area contributed by atoms with Crippen LogP contribution in [-0.2, 0) is 14.3 Å². The predicted molar refractivity (Wildman–Crippen MR) is 155 cm³/mol. The molecule has 0 aromatic heterocycles. The second-order valence-corrected chi connectivity index (χ2v) is 10.7. The minimum absolute atomic E-state index is 0.0219. The summed E-state index contributed by atoms with van der Waals surface area (Å²) in [6.45, 7) is 8.15. The van der Waals surface area contributed by atoms with Gasteiger partial charge < -0.3 is 19.7 Å². The highest BCUT2D eigenvalue weighted by Crippen LogP contribution is 2.13. The molecule has 1 unspecified atom stereocenters. The van der Waals surface area contributed by atoms with Crippen molar-refractivity contribution in [2.45, 2.75) is 155 Å². The monoisotopic (exact) mass is 510 g/mol. The van der Waals surface area contributed by atoms with Crippen LogP contribution in [0.4, 0.5) is 0 Å². The summed E-state index contributed by atoms with van der Waals surface area (Å²) in [6, 6.07) is 0. The van der Waals surface area contributed by atoms with Crippen LogP contribution in [0.5, 0.6) is 0 Å². The van der Waals surface area contributed by atoms with Gasteiger partial charge in [0.2, 0.25) is 5.91 Å². The minimum Gasteiger partial charge on any atom is -0.372 e. The van der Waals surface area contributed by atoms with Crippen LogP contribution in [0.1, 0.15) is 149 Å². The fourth-order valence-corrected chi connectivity index (χ4v) is 4.72. The first kappa shape index (κ1) is 35.1. The van der Waals surface area contributed by atoms with E-state index in [1.54, 1.807) is 14.0 Å². The second-order valence-electron chi connectivity index (χ2n) is 10.7. The van der Waals surface area contributed by atoms with E-state index in [1.165, 1.54) is 122 Å². The molecule has 0 heterocycles. The molecule has 0 aromatic rings. The second kappa shape index (κ2) is 28.6. The maximum atomic E-state index is 11.9. The number of aldehydes is 1. The van der Waals surface area contributed by atoms with Gasteiger partial charge in [0.1, 0.15) is 12.4 Å². The Kier molecular flexibility index (Phi) is 27.9. The van der Waals surface area contributed by atoms with Gasteiger partial charge in [0.05, 0.1) is 0 Å². The van der Waals surface area contributed by atoms with Gasteiger partial charge in [-0.05, 0) is 52.2 Å². The standard InChI is InChI=1S/C31H62N2O3/c1-4-5-6-7-8-9-10-11-12-13-14-15-18-21-26-33(27-22-19-16-17-20-23-29-34)28-24-25-32-31(35)30(2)36-3/h29-30H,4-28H2,1-3H3,(H,32,35). The van der Waals surface area contributed by atoms with Crippen molar-refractivity contribution in [3.05, 3.63) is 0 Å². The third kappa shape index (κ3) is 24.7. The summed E-state index contributed by atoms with van der Waals surface area (Å²) in [5.74, 6) is -0.0219. The smallest absolute Gasteiger partial charge is 0.248 e. The fraction of sp³-hybridized carbons (Fsp3) is 0.935. The number of nitrogens with one attached hydrogen (secondary N) is 1. The fourth-order valence-electron chi connectivity index (χ4n) is 4.72. The Morgan fingerprint density at radius 3 is 1.56 bits per heavy atom. The van der Waals surface area contributed by atoms with E-state index in [0.29, 0.717) is 13.0 Å². The Balaban J connectivity index is 3.88. The highest BCUT2D eigenvalue weighted by atomic mass is 16.5. The molecule has 0 fully saturated rings. The third-order valence-electron chi connectivity index (χ3n) is 7.30. The molecule has 5 nitrogen and oxygen atoms in total. The molecule has 36 heavy (non-hydrogen) atoms. The van der Waals surface area contributed by atoms with Gasteiger partial charge >= 0.3 is 0 Å². The van der Waals surface area contributed by atoms with Crippen molar-refractivity contribution in [1.29, 1.82) is 0 Å². The third-order valence-corrected chi connectivity index (χ3v) is 7.30. The first-order chi connectivity index (χ1) is 17.7. The van der Waals surface area contributed by atoms with Crippen LogP contribution in [0.15, 0.2) is 0 Å². The van der Waals surface area contributed by atoms with Gasteiger partial charge in [-0.1, -0.05) is 110 Å². The average Bonchev–Trinajstić information content (AvgIpc) is 2.89. The van der Waals surface area contributed by atoms with E-state index in [9.17, 15) is 9.59 Å². The van der Waals surface area contributed by atoms with E-state index < -0.39 is 0 Å². The summed E-state index contributed by atoms with van der Waals surface area (Å²) in [5, 5.41) is 2.99. The molecule has 0 bridgehead atoms. The molecule has 1 amide bonds. The van der Waals surface area contributed by atoms with Gasteiger partial charge in [0, 0.05) is 20.1 Å². The van der Waals surface area contributed by atoms with E-state index in [0.717, 1.165) is 32.2 Å². The van der Waals surface area contributed by atoms with Crippen LogP contribution in [0.25, 0.3) is 0 Å². The van der Waals surface area contributed by atoms with Gasteiger partial charge in [-0.25, -0.2) is 0 Å². The molecule has 0 aliphatic heterocycles. The highest BCUT2D eigenvalue weighted by Gasteiger charge is 2.11. The number of amides is 1. The summed E-state index contributed by atoms with van der Waals surface area (Å²) in [4.78, 5) is 24.9. The van der Waals surface area contributed by atoms with Gasteiger partial charge in [0.25, 0.3) is 0 Å². The SMILES string of the molecule is CCCCCCCCCCCCCCCCN(CCCCCCCC=O)CCCNC(=O)C(C)OC. The van der Waals surface area contributed by atoms with Gasteiger partial charge in [-0.15, -0.1) is 0 Å². The topological polar surface area (TPSA) is 58.6 Å². The summed E-state index contributed by atoms with van der Waals surface area (Å²) in [6.07, 6.45) is 27.8. The Hall–Kier alpha value is -0.940. The zero-order valence-corrected chi connectivity index (χ0v) is 24.5. The summed E-state index contributed by atoms with van der Waals surface area (Å²) >= 11 is 0. The number of ether oxygens (including phenoxy) is 1. The van der Waals surface area contributed by atoms with Crippen molar-refractivity contribution >= 4 is 12.2 Å². The Bertz CT molecular complexity index is 473. The molecular formula is C31H62N2O3. The van der Waals surface area contributed by atoms with E-state index in [2.05, 4.69) is 17.1 Å². The van der Waals surface area contributed by atoms with Crippen molar-refractivity contribution in [1.82, 2.24) is 10.2 Å². The van der Waals surface area contributed by atoms with E-state index in [-0.39, 0.29) is 12.0 Å². The average molecular weight is 511 g/mol. The quantitative estimate of drug-likeness (QED) is 0.0822. The predicted octanol–water partition coefficient (Wildman–Crippen LogP) is 7.85. The van der Waals surface area contributed by atoms with Crippen molar-refractivity contribution in [2.75, 3.05) is 33.3 Å². The van der Waals surface area contributed by atoms with Crippen molar-refractivity contribution in [3.63, 3.8) is 0 Å². The van der Waals surface area contributed by atoms with Crippen LogP contribution >= 0.6 is 0 Å². The molecule has 5 heteroatoms. The van der Waals surface area contributed by atoms with Crippen molar-refractivity contribution in [3.8, 4) is 0 Å². The van der Waals surface area contributed by atoms with Crippen LogP contribution in [-0.4, -0.2) is 56.5 Å². The minimum atomic E-state index is -0.379. The number of hydrogen-bond donors (Lipinski definition) is 1. The van der Waals surface area contributed by atoms with Crippen molar-refractivity contribution in [2.24, 2.45) is 0 Å². The molecule has 214 valence electrons. The Morgan fingerprint density at radius 2 is 1.11 bits per heavy atom. The molecule has 1 N–H and O–H groups in total. The molecule has 0 rings (SSSR count). The number of nitrogens with zero attached hydrogens (tertiary/aromatic N) is 1. The van der Waals surface area contributed by atoms with Gasteiger partial charge in [-0.2, -0.15) is 0 Å². The Labute approximate surface area is 224 Å². The lowest BCUT2D eigenvalue weighted by atomic mass is 10.0. The molecule has 0 aromatic carbocycles. The first-order valence-corrected chi connectivity index (χ1v) is 15.6. The zero-order valence-electron chi connectivity index (χ0n) is 24.5. The van der Waals surface area contributed by atoms with Crippen LogP contribution in [0.3, 0.4) is 0 Å². The molecule has 0 radical (unpaired) electrons. The number of carbonyl (C=O) groups is 2. The first-order valence-electron chi connectivity index (χ1n) is 15.6. The summed E-state index contributed by atoms with van der Waals surface area (Å²) in [5.41, 5.74) is 0. The van der Waals surface area contributed by atoms with Crippen LogP contribution < -0.4 is 5.32 Å². The number of unbranched alkanes of at least 4 members (excludes halogenated alkanes) is 18. The number of hydrogen-bond acceptors (Lipinski definition) is 4. The Morgan fingerprint density at radius 1 is 0.694 bits per heavy atom. The zero-order chi connectivity index (χ0) is 26.5. The largest absolute Gasteiger partial charge is 0.372 e. The summed E-state index contributed by atoms with van der Waals surface area (Å²) < 4.78 is 5.08. The maximum Gasteiger partial charge on any atom is 0.248 e. The molecule has 0 saturated carbocycles. The maximum absolute atomic E-state index is 11.9. The summed E-state index contributed by atoms with van der Waals surface area (Å²) in [7, 11) is 1.57. The molecule has 1 atom stereocenters. The molecular weight excluding hydrogens is 448 g/mol.